The number of aromatic carboxylic acids is 1. The number of esters is 1. The van der Waals surface area contributed by atoms with Crippen molar-refractivity contribution in [3.63, 3.8) is 0 Å². The molecule has 2 heterocycles. The molecular weight excluding hydrogens is 836 g/mol. The lowest BCUT2D eigenvalue weighted by Gasteiger charge is -2.23. The molecule has 6 aromatic carbocycles. The van der Waals surface area contributed by atoms with Gasteiger partial charge in [0.1, 0.15) is 36.3 Å². The Morgan fingerprint density at radius 1 is 0.591 bits per heavy atom. The summed E-state index contributed by atoms with van der Waals surface area (Å²) in [6.07, 6.45) is 8.72. The van der Waals surface area contributed by atoms with Crippen molar-refractivity contribution in [3.05, 3.63) is 171 Å². The molecule has 2 amide bonds. The monoisotopic (exact) mass is 884 g/mol. The van der Waals surface area contributed by atoms with Gasteiger partial charge in [0.2, 0.25) is 0 Å². The molecule has 10 rings (SSSR count). The third-order valence-electron chi connectivity index (χ3n) is 13.5. The van der Waals surface area contributed by atoms with Crippen LogP contribution in [-0.4, -0.2) is 50.7 Å². The Morgan fingerprint density at radius 2 is 1.20 bits per heavy atom. The van der Waals surface area contributed by atoms with Crippen LogP contribution in [0.4, 0.5) is 4.39 Å². The zero-order valence-electron chi connectivity index (χ0n) is 36.7. The van der Waals surface area contributed by atoms with Gasteiger partial charge in [-0.15, -0.1) is 0 Å². The van der Waals surface area contributed by atoms with E-state index in [1.54, 1.807) is 36.4 Å². The number of rotatable bonds is 13. The van der Waals surface area contributed by atoms with Crippen molar-refractivity contribution >= 4 is 23.8 Å². The Hall–Kier alpha value is -7.27. The molecule has 334 valence electrons. The quantitative estimate of drug-likeness (QED) is 0.0898. The summed E-state index contributed by atoms with van der Waals surface area (Å²) < 4.78 is 33.8. The second-order valence-corrected chi connectivity index (χ2v) is 18.0. The minimum absolute atomic E-state index is 0.00224. The predicted octanol–water partition coefficient (Wildman–Crippen LogP) is 11.3. The summed E-state index contributed by atoms with van der Waals surface area (Å²) in [5, 5.41) is 9.80. The van der Waals surface area contributed by atoms with Gasteiger partial charge >= 0.3 is 11.9 Å². The lowest BCUT2D eigenvalue weighted by molar-refractivity contribution is 0.0690. The van der Waals surface area contributed by atoms with E-state index in [4.69, 9.17) is 14.2 Å². The highest BCUT2D eigenvalue weighted by Gasteiger charge is 2.35. The summed E-state index contributed by atoms with van der Waals surface area (Å²) >= 11 is 0. The van der Waals surface area contributed by atoms with E-state index in [1.165, 1.54) is 12.1 Å². The van der Waals surface area contributed by atoms with Crippen LogP contribution >= 0.6 is 0 Å². The number of carboxylic acid groups (broad SMARTS) is 1. The van der Waals surface area contributed by atoms with E-state index in [0.717, 1.165) is 85.3 Å². The fourth-order valence-corrected chi connectivity index (χ4v) is 10.1. The maximum absolute atomic E-state index is 15.4. The number of carbonyl (C=O) groups is 4. The van der Waals surface area contributed by atoms with Crippen molar-refractivity contribution in [1.82, 2.24) is 9.80 Å². The van der Waals surface area contributed by atoms with E-state index in [1.807, 2.05) is 77.4 Å². The number of benzene rings is 6. The van der Waals surface area contributed by atoms with Crippen molar-refractivity contribution in [2.45, 2.75) is 96.7 Å². The maximum Gasteiger partial charge on any atom is 0.343 e. The first-order valence-corrected chi connectivity index (χ1v) is 22.8. The summed E-state index contributed by atoms with van der Waals surface area (Å²) in [6.45, 7) is 3.32. The fourth-order valence-electron chi connectivity index (χ4n) is 10.1. The Bertz CT molecular complexity index is 2920. The minimum Gasteiger partial charge on any atom is -0.489 e. The molecule has 0 bridgehead atoms. The second kappa shape index (κ2) is 18.0. The molecule has 0 aromatic heterocycles. The predicted molar refractivity (Wildman–Crippen MR) is 246 cm³/mol. The molecule has 2 aliphatic heterocycles. The lowest BCUT2D eigenvalue weighted by Crippen LogP contribution is -2.33. The van der Waals surface area contributed by atoms with Crippen molar-refractivity contribution < 1.29 is 42.9 Å². The highest BCUT2D eigenvalue weighted by Crippen LogP contribution is 2.37. The van der Waals surface area contributed by atoms with Gasteiger partial charge in [0.15, 0.2) is 0 Å². The van der Waals surface area contributed by atoms with Gasteiger partial charge in [0.25, 0.3) is 11.8 Å². The molecule has 0 spiro atoms. The fraction of sp³-hybridized carbons (Fsp3) is 0.273. The summed E-state index contributed by atoms with van der Waals surface area (Å²) in [4.78, 5) is 56.1. The maximum atomic E-state index is 15.4. The number of carboxylic acids is 1. The summed E-state index contributed by atoms with van der Waals surface area (Å²) in [5.74, 6) is -0.929. The van der Waals surface area contributed by atoms with Crippen LogP contribution in [-0.2, 0) is 26.3 Å². The lowest BCUT2D eigenvalue weighted by atomic mass is 9.96. The van der Waals surface area contributed by atoms with Gasteiger partial charge in [-0.25, -0.2) is 14.0 Å². The summed E-state index contributed by atoms with van der Waals surface area (Å²) in [5.41, 5.74) is 8.07. The SMILES string of the molecule is Cc1ccc(C(=O)O)cc1-c1cc(COc2ccc3c(c2)CN(C2CCCC2)C3=O)cc(OC(=O)c2cc(F)cc(-c3cccc(COc4ccc5c(c4)CN(C4CCCC4)C5=O)c3)c2)c1. The Morgan fingerprint density at radius 3 is 1.82 bits per heavy atom. The largest absolute Gasteiger partial charge is 0.489 e. The molecule has 6 aromatic rings. The molecule has 0 atom stereocenters. The molecule has 0 radical (unpaired) electrons. The number of hydrogen-bond acceptors (Lipinski definition) is 7. The number of amides is 2. The average molecular weight is 885 g/mol. The zero-order valence-corrected chi connectivity index (χ0v) is 36.7. The molecular formula is C55H49FN2O8. The van der Waals surface area contributed by atoms with Gasteiger partial charge in [-0.1, -0.05) is 49.9 Å². The van der Waals surface area contributed by atoms with Gasteiger partial charge in [-0.05, 0) is 174 Å². The topological polar surface area (TPSA) is 123 Å². The molecule has 2 aliphatic carbocycles. The minimum atomic E-state index is -1.08. The molecule has 1 N–H and O–H groups in total. The van der Waals surface area contributed by atoms with Crippen LogP contribution in [0.1, 0.15) is 121 Å². The molecule has 66 heavy (non-hydrogen) atoms. The van der Waals surface area contributed by atoms with Gasteiger partial charge in [0, 0.05) is 36.3 Å². The van der Waals surface area contributed by atoms with Crippen LogP contribution in [0, 0.1) is 12.7 Å². The number of carbonyl (C=O) groups excluding carboxylic acids is 3. The highest BCUT2D eigenvalue weighted by atomic mass is 19.1. The summed E-state index contributed by atoms with van der Waals surface area (Å²) in [6, 6.07) is 33.3. The first kappa shape index (κ1) is 42.7. The van der Waals surface area contributed by atoms with Crippen LogP contribution in [0.3, 0.4) is 0 Å². The molecule has 10 nitrogen and oxygen atoms in total. The normalized spacial score (nSPS) is 15.9. The number of halogens is 1. The van der Waals surface area contributed by atoms with E-state index in [2.05, 4.69) is 0 Å². The van der Waals surface area contributed by atoms with Crippen LogP contribution in [0.25, 0.3) is 22.3 Å². The molecule has 0 unspecified atom stereocenters. The van der Waals surface area contributed by atoms with Crippen molar-refractivity contribution in [2.24, 2.45) is 0 Å². The van der Waals surface area contributed by atoms with E-state index in [-0.39, 0.29) is 47.9 Å². The van der Waals surface area contributed by atoms with E-state index < -0.39 is 17.8 Å². The van der Waals surface area contributed by atoms with Crippen molar-refractivity contribution in [3.8, 4) is 39.5 Å². The number of ether oxygens (including phenoxy) is 3. The molecule has 2 saturated carbocycles. The number of aryl methyl sites for hydroxylation is 1. The van der Waals surface area contributed by atoms with Gasteiger partial charge < -0.3 is 29.1 Å². The third kappa shape index (κ3) is 8.77. The average Bonchev–Trinajstić information content (AvgIpc) is 4.16. The highest BCUT2D eigenvalue weighted by molar-refractivity contribution is 5.99. The van der Waals surface area contributed by atoms with E-state index >= 15 is 4.39 Å². The third-order valence-corrected chi connectivity index (χ3v) is 13.5. The summed E-state index contributed by atoms with van der Waals surface area (Å²) in [7, 11) is 0. The van der Waals surface area contributed by atoms with Crippen molar-refractivity contribution in [1.29, 1.82) is 0 Å². The van der Waals surface area contributed by atoms with E-state index in [9.17, 15) is 24.3 Å². The van der Waals surface area contributed by atoms with Crippen LogP contribution < -0.4 is 14.2 Å². The molecule has 0 saturated heterocycles. The van der Waals surface area contributed by atoms with Gasteiger partial charge in [-0.2, -0.15) is 0 Å². The molecule has 11 heteroatoms. The standard InChI is InChI=1S/C55H49FN2O8/c1-33-13-14-37(54(61)62)28-51(33)39-20-35(32-65-47-16-18-50-42(27-47)30-58(53(50)60)45-11-4-5-12-45)21-48(25-39)66-55(63)40-22-38(23-43(56)24-40)36-8-6-7-34(19-36)31-64-46-15-17-49-41(26-46)29-57(52(49)59)44-9-2-3-10-44/h6-8,13-28,44-45H,2-5,9-12,29-32H2,1H3,(H,61,62). The van der Waals surface area contributed by atoms with Gasteiger partial charge in [0.05, 0.1) is 11.1 Å². The van der Waals surface area contributed by atoms with Crippen LogP contribution in [0.2, 0.25) is 0 Å². The number of hydrogen-bond donors (Lipinski definition) is 1. The Kier molecular flexibility index (Phi) is 11.6. The van der Waals surface area contributed by atoms with Crippen LogP contribution in [0.15, 0.2) is 115 Å². The van der Waals surface area contributed by atoms with Crippen LogP contribution in [0.5, 0.6) is 17.2 Å². The first-order chi connectivity index (χ1) is 32.0. The number of nitrogens with zero attached hydrogens (tertiary/aromatic N) is 2. The zero-order chi connectivity index (χ0) is 45.5. The molecule has 2 fully saturated rings. The van der Waals surface area contributed by atoms with E-state index in [0.29, 0.717) is 64.0 Å². The smallest absolute Gasteiger partial charge is 0.343 e. The number of fused-ring (bicyclic) bond motifs is 2. The Labute approximate surface area is 382 Å². The molecule has 4 aliphatic rings. The second-order valence-electron chi connectivity index (χ2n) is 18.0. The van der Waals surface area contributed by atoms with Crippen molar-refractivity contribution in [2.75, 3.05) is 0 Å². The van der Waals surface area contributed by atoms with Gasteiger partial charge in [-0.3, -0.25) is 9.59 Å². The Balaban J connectivity index is 0.863. The first-order valence-electron chi connectivity index (χ1n) is 22.8.